The number of halogens is 2. The molecule has 2 aromatic carbocycles. The molecule has 3 nitrogen and oxygen atoms in total. The SMILES string of the molecule is C[Si](C)(C)C#Cc1cc(CCCCNC(=O)OCc2ccccc2)cc(F)c1Cl. The second-order valence-electron chi connectivity index (χ2n) is 7.88. The van der Waals surface area contributed by atoms with Crippen LogP contribution in [0.2, 0.25) is 24.7 Å². The monoisotopic (exact) mass is 431 g/mol. The highest BCUT2D eigenvalue weighted by Gasteiger charge is 2.11. The molecule has 2 rings (SSSR count). The van der Waals surface area contributed by atoms with E-state index >= 15 is 0 Å². The van der Waals surface area contributed by atoms with Gasteiger partial charge in [-0.05, 0) is 42.5 Å². The minimum absolute atomic E-state index is 0.0855. The van der Waals surface area contributed by atoms with E-state index in [0.29, 0.717) is 18.5 Å². The molecule has 0 aromatic heterocycles. The van der Waals surface area contributed by atoms with Gasteiger partial charge in [0.2, 0.25) is 0 Å². The van der Waals surface area contributed by atoms with Crippen LogP contribution in [0.1, 0.15) is 29.5 Å². The van der Waals surface area contributed by atoms with E-state index in [4.69, 9.17) is 16.3 Å². The van der Waals surface area contributed by atoms with Gasteiger partial charge in [0, 0.05) is 12.1 Å². The van der Waals surface area contributed by atoms with Gasteiger partial charge in [-0.1, -0.05) is 67.5 Å². The molecule has 0 aliphatic carbocycles. The van der Waals surface area contributed by atoms with Crippen molar-refractivity contribution >= 4 is 25.8 Å². The van der Waals surface area contributed by atoms with Gasteiger partial charge in [0.15, 0.2) is 0 Å². The molecule has 0 spiro atoms. The summed E-state index contributed by atoms with van der Waals surface area (Å²) in [5, 5.41) is 2.82. The van der Waals surface area contributed by atoms with Gasteiger partial charge in [-0.25, -0.2) is 9.18 Å². The van der Waals surface area contributed by atoms with Crippen molar-refractivity contribution in [1.82, 2.24) is 5.32 Å². The van der Waals surface area contributed by atoms with Crippen LogP contribution in [0.4, 0.5) is 9.18 Å². The van der Waals surface area contributed by atoms with E-state index in [1.54, 1.807) is 0 Å². The van der Waals surface area contributed by atoms with Gasteiger partial charge in [-0.2, -0.15) is 0 Å². The van der Waals surface area contributed by atoms with Gasteiger partial charge < -0.3 is 10.1 Å². The molecule has 29 heavy (non-hydrogen) atoms. The maximum atomic E-state index is 14.1. The molecule has 6 heteroatoms. The summed E-state index contributed by atoms with van der Waals surface area (Å²) in [5.41, 5.74) is 5.57. The normalized spacial score (nSPS) is 10.8. The quantitative estimate of drug-likeness (QED) is 0.334. The minimum Gasteiger partial charge on any atom is -0.445 e. The van der Waals surface area contributed by atoms with Crippen molar-refractivity contribution in [3.63, 3.8) is 0 Å². The highest BCUT2D eigenvalue weighted by atomic mass is 35.5. The average molecular weight is 432 g/mol. The highest BCUT2D eigenvalue weighted by molar-refractivity contribution is 6.83. The number of hydrogen-bond acceptors (Lipinski definition) is 2. The molecule has 0 heterocycles. The van der Waals surface area contributed by atoms with Gasteiger partial charge >= 0.3 is 6.09 Å². The number of amides is 1. The molecule has 1 amide bonds. The third kappa shape index (κ3) is 8.72. The molecule has 154 valence electrons. The summed E-state index contributed by atoms with van der Waals surface area (Å²) in [5.74, 6) is 2.61. The number of hydrogen-bond donors (Lipinski definition) is 1. The summed E-state index contributed by atoms with van der Waals surface area (Å²) >= 11 is 6.06. The van der Waals surface area contributed by atoms with Crippen LogP contribution in [0.5, 0.6) is 0 Å². The number of aryl methyl sites for hydroxylation is 1. The van der Waals surface area contributed by atoms with Crippen LogP contribution in [0.15, 0.2) is 42.5 Å². The maximum Gasteiger partial charge on any atom is 0.407 e. The van der Waals surface area contributed by atoms with E-state index in [0.717, 1.165) is 24.0 Å². The van der Waals surface area contributed by atoms with Gasteiger partial charge in [0.25, 0.3) is 0 Å². The molecular weight excluding hydrogens is 405 g/mol. The average Bonchev–Trinajstić information content (AvgIpc) is 2.67. The summed E-state index contributed by atoms with van der Waals surface area (Å²) in [6.07, 6.45) is 1.83. The van der Waals surface area contributed by atoms with Crippen molar-refractivity contribution < 1.29 is 13.9 Å². The van der Waals surface area contributed by atoms with Crippen LogP contribution in [-0.4, -0.2) is 20.7 Å². The molecule has 0 aliphatic heterocycles. The van der Waals surface area contributed by atoms with Crippen LogP contribution in [0, 0.1) is 17.3 Å². The topological polar surface area (TPSA) is 38.3 Å². The molecule has 0 atom stereocenters. The summed E-state index contributed by atoms with van der Waals surface area (Å²) in [4.78, 5) is 11.7. The Balaban J connectivity index is 1.76. The Labute approximate surface area is 178 Å². The van der Waals surface area contributed by atoms with Crippen LogP contribution in [0.25, 0.3) is 0 Å². The Bertz CT molecular complexity index is 885. The number of carbonyl (C=O) groups is 1. The molecule has 0 fully saturated rings. The molecular formula is C23H27ClFNO2Si. The smallest absolute Gasteiger partial charge is 0.407 e. The fraction of sp³-hybridized carbons (Fsp3) is 0.348. The molecule has 0 bridgehead atoms. The van der Waals surface area contributed by atoms with E-state index in [9.17, 15) is 9.18 Å². The number of unbranched alkanes of at least 4 members (excludes halogenated alkanes) is 1. The highest BCUT2D eigenvalue weighted by Crippen LogP contribution is 2.22. The van der Waals surface area contributed by atoms with Gasteiger partial charge in [-0.3, -0.25) is 0 Å². The maximum absolute atomic E-state index is 14.1. The minimum atomic E-state index is -1.57. The number of rotatable bonds is 7. The van der Waals surface area contributed by atoms with Crippen LogP contribution in [0.3, 0.4) is 0 Å². The van der Waals surface area contributed by atoms with Crippen LogP contribution >= 0.6 is 11.6 Å². The third-order valence-electron chi connectivity index (χ3n) is 4.03. The van der Waals surface area contributed by atoms with E-state index in [1.165, 1.54) is 6.07 Å². The Morgan fingerprint density at radius 1 is 1.14 bits per heavy atom. The first-order valence-electron chi connectivity index (χ1n) is 9.70. The molecule has 0 radical (unpaired) electrons. The fourth-order valence-corrected chi connectivity index (χ4v) is 3.22. The van der Waals surface area contributed by atoms with E-state index < -0.39 is 20.0 Å². The zero-order valence-electron chi connectivity index (χ0n) is 17.1. The molecule has 2 aromatic rings. The lowest BCUT2D eigenvalue weighted by Crippen LogP contribution is -2.25. The Hall–Kier alpha value is -2.29. The van der Waals surface area contributed by atoms with Crippen molar-refractivity contribution in [2.24, 2.45) is 0 Å². The Morgan fingerprint density at radius 3 is 2.55 bits per heavy atom. The van der Waals surface area contributed by atoms with Crippen LogP contribution in [-0.2, 0) is 17.8 Å². The number of benzene rings is 2. The molecule has 0 saturated carbocycles. The zero-order valence-corrected chi connectivity index (χ0v) is 18.9. The van der Waals surface area contributed by atoms with Crippen molar-refractivity contribution in [1.29, 1.82) is 0 Å². The van der Waals surface area contributed by atoms with Gasteiger partial charge in [-0.15, -0.1) is 5.54 Å². The molecule has 0 unspecified atom stereocenters. The second-order valence-corrected chi connectivity index (χ2v) is 13.0. The zero-order chi connectivity index (χ0) is 21.3. The lowest BCUT2D eigenvalue weighted by Gasteiger charge is -2.08. The standard InChI is InChI=1S/C23H27ClFNO2Si/c1-29(2,3)14-12-20-15-19(16-21(25)22(20)24)11-7-8-13-26-23(27)28-17-18-9-5-4-6-10-18/h4-6,9-10,15-16H,7-8,11,13,17H2,1-3H3,(H,26,27). The second kappa shape index (κ2) is 11.0. The lowest BCUT2D eigenvalue weighted by molar-refractivity contribution is 0.139. The number of carbonyl (C=O) groups excluding carboxylic acids is 1. The lowest BCUT2D eigenvalue weighted by atomic mass is 10.0. The van der Waals surface area contributed by atoms with Crippen molar-refractivity contribution in [2.75, 3.05) is 6.54 Å². The predicted molar refractivity (Wildman–Crippen MR) is 119 cm³/mol. The van der Waals surface area contributed by atoms with Crippen molar-refractivity contribution in [3.8, 4) is 11.5 Å². The van der Waals surface area contributed by atoms with Crippen LogP contribution < -0.4 is 5.32 Å². The predicted octanol–water partition coefficient (Wildman–Crippen LogP) is 5.96. The number of ether oxygens (including phenoxy) is 1. The van der Waals surface area contributed by atoms with E-state index in [2.05, 4.69) is 36.4 Å². The fourth-order valence-electron chi connectivity index (χ4n) is 2.55. The molecule has 0 saturated heterocycles. The Kier molecular flexibility index (Phi) is 8.75. The number of nitrogens with one attached hydrogen (secondary N) is 1. The van der Waals surface area contributed by atoms with Crippen molar-refractivity contribution in [2.45, 2.75) is 45.5 Å². The van der Waals surface area contributed by atoms with Gasteiger partial charge in [0.1, 0.15) is 20.5 Å². The summed E-state index contributed by atoms with van der Waals surface area (Å²) in [6.45, 7) is 7.15. The summed E-state index contributed by atoms with van der Waals surface area (Å²) in [6, 6.07) is 12.8. The first-order valence-corrected chi connectivity index (χ1v) is 13.6. The van der Waals surface area contributed by atoms with Crippen molar-refractivity contribution in [3.05, 3.63) is 70.0 Å². The van der Waals surface area contributed by atoms with E-state index in [-0.39, 0.29) is 11.6 Å². The summed E-state index contributed by atoms with van der Waals surface area (Å²) < 4.78 is 19.3. The summed E-state index contributed by atoms with van der Waals surface area (Å²) in [7, 11) is -1.57. The molecule has 0 aliphatic rings. The molecule has 1 N–H and O–H groups in total. The first kappa shape index (κ1) is 23.0. The number of alkyl carbamates (subject to hydrolysis) is 1. The van der Waals surface area contributed by atoms with Gasteiger partial charge in [0.05, 0.1) is 5.02 Å². The Morgan fingerprint density at radius 2 is 1.86 bits per heavy atom. The first-order chi connectivity index (χ1) is 13.7. The largest absolute Gasteiger partial charge is 0.445 e. The third-order valence-corrected chi connectivity index (χ3v) is 5.29. The van der Waals surface area contributed by atoms with E-state index in [1.807, 2.05) is 36.4 Å².